The molecule has 0 heterocycles. The second kappa shape index (κ2) is 4.46. The fourth-order valence-corrected chi connectivity index (χ4v) is 0.972. The molecular weight excluding hydrogens is 228 g/mol. The highest BCUT2D eigenvalue weighted by molar-refractivity contribution is 5.56. The van der Waals surface area contributed by atoms with Gasteiger partial charge in [-0.05, 0) is 6.07 Å². The predicted octanol–water partition coefficient (Wildman–Crippen LogP) is 2.13. The fraction of sp³-hybridized carbons (Fsp3) is 0.333. The molecule has 0 aliphatic heterocycles. The van der Waals surface area contributed by atoms with Crippen LogP contribution in [-0.2, 0) is 0 Å². The molecule has 0 aliphatic carbocycles. The molecule has 0 spiro atoms. The Labute approximate surface area is 89.0 Å². The predicted molar refractivity (Wildman–Crippen MR) is 51.7 cm³/mol. The Kier molecular flexibility index (Phi) is 3.46. The minimum atomic E-state index is -4.20. The van der Waals surface area contributed by atoms with E-state index in [-0.39, 0.29) is 17.1 Å². The normalized spacial score (nSPS) is 11.8. The number of nitrogens with two attached hydrogens (primary N) is 2. The summed E-state index contributed by atoms with van der Waals surface area (Å²) < 4.78 is 53.1. The Morgan fingerprint density at radius 1 is 1.12 bits per heavy atom. The zero-order valence-electron chi connectivity index (χ0n) is 8.09. The zero-order chi connectivity index (χ0) is 12.3. The molecule has 7 heteroatoms. The Balaban J connectivity index is 2.68. The van der Waals surface area contributed by atoms with Crippen molar-refractivity contribution in [3.05, 3.63) is 18.2 Å². The summed E-state index contributed by atoms with van der Waals surface area (Å²) in [6.07, 6.45) is -3.77. The Bertz CT molecular complexity index is 350. The molecule has 0 fully saturated rings. The summed E-state index contributed by atoms with van der Waals surface area (Å²) in [5.41, 5.74) is 11.1. The summed E-state index contributed by atoms with van der Waals surface area (Å²) in [6.45, 7) is -1.42. The van der Waals surface area contributed by atoms with Gasteiger partial charge < -0.3 is 16.2 Å². The van der Waals surface area contributed by atoms with Crippen LogP contribution in [0.25, 0.3) is 0 Å². The molecule has 0 unspecified atom stereocenters. The summed E-state index contributed by atoms with van der Waals surface area (Å²) in [6, 6.07) is 3.83. The number of benzene rings is 1. The molecule has 0 radical (unpaired) electrons. The summed E-state index contributed by atoms with van der Waals surface area (Å²) in [7, 11) is 0. The van der Waals surface area contributed by atoms with Crippen LogP contribution in [0.2, 0.25) is 0 Å². The number of hydrogen-bond donors (Lipinski definition) is 2. The number of nitrogen functional groups attached to an aromatic ring is 2. The van der Waals surface area contributed by atoms with E-state index < -0.39 is 19.0 Å². The maximum atomic E-state index is 12.5. The van der Waals surface area contributed by atoms with Crippen molar-refractivity contribution in [2.75, 3.05) is 18.1 Å². The topological polar surface area (TPSA) is 61.3 Å². The summed E-state index contributed by atoms with van der Waals surface area (Å²) in [5, 5.41) is 0. The molecule has 4 N–H and O–H groups in total. The lowest BCUT2D eigenvalue weighted by molar-refractivity contribution is -0.148. The van der Waals surface area contributed by atoms with E-state index in [4.69, 9.17) is 11.5 Å². The summed E-state index contributed by atoms with van der Waals surface area (Å²) in [5.74, 6) is -4.27. The molecule has 0 aliphatic rings. The van der Waals surface area contributed by atoms with Crippen molar-refractivity contribution < 1.29 is 22.3 Å². The second-order valence-electron chi connectivity index (χ2n) is 3.19. The molecule has 1 aromatic carbocycles. The van der Waals surface area contributed by atoms with Gasteiger partial charge in [0.1, 0.15) is 5.75 Å². The molecule has 0 atom stereocenters. The van der Waals surface area contributed by atoms with Crippen LogP contribution in [0.5, 0.6) is 5.75 Å². The average molecular weight is 238 g/mol. The number of halogens is 4. The lowest BCUT2D eigenvalue weighted by Crippen LogP contribution is -2.33. The first-order valence-electron chi connectivity index (χ1n) is 4.26. The van der Waals surface area contributed by atoms with E-state index in [2.05, 4.69) is 4.74 Å². The van der Waals surface area contributed by atoms with Crippen LogP contribution in [0.4, 0.5) is 28.9 Å². The Morgan fingerprint density at radius 3 is 2.06 bits per heavy atom. The van der Waals surface area contributed by atoms with Gasteiger partial charge in [-0.25, -0.2) is 8.78 Å². The lowest BCUT2D eigenvalue weighted by atomic mass is 10.2. The first-order valence-corrected chi connectivity index (χ1v) is 4.26. The molecule has 0 amide bonds. The van der Waals surface area contributed by atoms with Crippen LogP contribution < -0.4 is 16.2 Å². The third kappa shape index (κ3) is 3.18. The van der Waals surface area contributed by atoms with E-state index in [1.165, 1.54) is 18.2 Å². The van der Waals surface area contributed by atoms with Crippen molar-refractivity contribution in [3.63, 3.8) is 0 Å². The molecule has 0 saturated carbocycles. The standard InChI is InChI=1S/C9H10F4N2O/c10-8(11)9(12,13)4-16-7-2-5(14)1-6(15)3-7/h1-3,8H,4,14-15H2. The molecule has 1 rings (SSSR count). The number of anilines is 2. The van der Waals surface area contributed by atoms with Crippen molar-refractivity contribution in [2.24, 2.45) is 0 Å². The molecule has 0 saturated heterocycles. The van der Waals surface area contributed by atoms with Gasteiger partial charge in [-0.1, -0.05) is 0 Å². The van der Waals surface area contributed by atoms with Gasteiger partial charge in [0, 0.05) is 23.5 Å². The van der Waals surface area contributed by atoms with Gasteiger partial charge in [0.15, 0.2) is 6.61 Å². The van der Waals surface area contributed by atoms with Gasteiger partial charge in [-0.2, -0.15) is 8.78 Å². The molecular formula is C9H10F4N2O. The molecule has 90 valence electrons. The van der Waals surface area contributed by atoms with Crippen LogP contribution in [0.3, 0.4) is 0 Å². The smallest absolute Gasteiger partial charge is 0.340 e. The minimum Gasteiger partial charge on any atom is -0.487 e. The molecule has 16 heavy (non-hydrogen) atoms. The maximum Gasteiger partial charge on any atom is 0.340 e. The van der Waals surface area contributed by atoms with E-state index in [0.29, 0.717) is 0 Å². The van der Waals surface area contributed by atoms with Crippen LogP contribution in [0.1, 0.15) is 0 Å². The number of ether oxygens (including phenoxy) is 1. The van der Waals surface area contributed by atoms with Gasteiger partial charge in [0.05, 0.1) is 0 Å². The molecule has 0 aromatic heterocycles. The number of rotatable bonds is 4. The lowest BCUT2D eigenvalue weighted by Gasteiger charge is -2.16. The molecule has 3 nitrogen and oxygen atoms in total. The minimum absolute atomic E-state index is 0.0715. The van der Waals surface area contributed by atoms with Gasteiger partial charge in [0.25, 0.3) is 0 Å². The quantitative estimate of drug-likeness (QED) is 0.624. The Hall–Kier alpha value is -1.66. The number of alkyl halides is 4. The van der Waals surface area contributed by atoms with Crippen molar-refractivity contribution in [3.8, 4) is 5.75 Å². The van der Waals surface area contributed by atoms with Gasteiger partial charge in [-0.3, -0.25) is 0 Å². The largest absolute Gasteiger partial charge is 0.487 e. The highest BCUT2D eigenvalue weighted by Gasteiger charge is 2.41. The van der Waals surface area contributed by atoms with Crippen molar-refractivity contribution in [1.29, 1.82) is 0 Å². The first kappa shape index (κ1) is 12.4. The van der Waals surface area contributed by atoms with E-state index in [1.807, 2.05) is 0 Å². The second-order valence-corrected chi connectivity index (χ2v) is 3.19. The van der Waals surface area contributed by atoms with Crippen LogP contribution in [0.15, 0.2) is 18.2 Å². The van der Waals surface area contributed by atoms with E-state index >= 15 is 0 Å². The monoisotopic (exact) mass is 238 g/mol. The van der Waals surface area contributed by atoms with Gasteiger partial charge in [0.2, 0.25) is 0 Å². The van der Waals surface area contributed by atoms with Crippen molar-refractivity contribution in [2.45, 2.75) is 12.3 Å². The first-order chi connectivity index (χ1) is 7.31. The van der Waals surface area contributed by atoms with E-state index in [1.54, 1.807) is 0 Å². The van der Waals surface area contributed by atoms with Gasteiger partial charge >= 0.3 is 12.3 Å². The number of hydrogen-bond acceptors (Lipinski definition) is 3. The molecule has 1 aromatic rings. The van der Waals surface area contributed by atoms with Gasteiger partial charge in [-0.15, -0.1) is 0 Å². The van der Waals surface area contributed by atoms with E-state index in [9.17, 15) is 17.6 Å². The Morgan fingerprint density at radius 2 is 1.62 bits per heavy atom. The summed E-state index contributed by atoms with van der Waals surface area (Å²) >= 11 is 0. The van der Waals surface area contributed by atoms with Crippen LogP contribution in [-0.4, -0.2) is 19.0 Å². The third-order valence-electron chi connectivity index (χ3n) is 1.70. The van der Waals surface area contributed by atoms with Crippen LogP contribution >= 0.6 is 0 Å². The highest BCUT2D eigenvalue weighted by atomic mass is 19.3. The highest BCUT2D eigenvalue weighted by Crippen LogP contribution is 2.26. The van der Waals surface area contributed by atoms with Crippen molar-refractivity contribution in [1.82, 2.24) is 0 Å². The third-order valence-corrected chi connectivity index (χ3v) is 1.70. The zero-order valence-corrected chi connectivity index (χ0v) is 8.09. The fourth-order valence-electron chi connectivity index (χ4n) is 0.972. The van der Waals surface area contributed by atoms with Crippen LogP contribution in [0, 0.1) is 0 Å². The molecule has 0 bridgehead atoms. The van der Waals surface area contributed by atoms with Crippen molar-refractivity contribution >= 4 is 11.4 Å². The SMILES string of the molecule is Nc1cc(N)cc(OCC(F)(F)C(F)F)c1. The maximum absolute atomic E-state index is 12.5. The summed E-state index contributed by atoms with van der Waals surface area (Å²) in [4.78, 5) is 0. The van der Waals surface area contributed by atoms with E-state index in [0.717, 1.165) is 0 Å². The average Bonchev–Trinajstić information content (AvgIpc) is 2.13.